The maximum atomic E-state index is 13.4. The van der Waals surface area contributed by atoms with E-state index in [-0.39, 0.29) is 29.2 Å². The van der Waals surface area contributed by atoms with E-state index in [0.717, 1.165) is 24.8 Å². The molecule has 0 fully saturated rings. The van der Waals surface area contributed by atoms with Crippen molar-refractivity contribution in [3.05, 3.63) is 34.5 Å². The quantitative estimate of drug-likeness (QED) is 0.385. The second-order valence-corrected chi connectivity index (χ2v) is 10.7. The Morgan fingerprint density at radius 1 is 1.31 bits per heavy atom. The summed E-state index contributed by atoms with van der Waals surface area (Å²) in [7, 11) is 0. The third-order valence-electron chi connectivity index (χ3n) is 7.08. The van der Waals surface area contributed by atoms with Crippen molar-refractivity contribution in [3.8, 4) is 0 Å². The molecule has 1 aromatic heterocycles. The van der Waals surface area contributed by atoms with Gasteiger partial charge >= 0.3 is 5.97 Å². The smallest absolute Gasteiger partial charge is 0.309 e. The molecule has 0 saturated carbocycles. The number of carbonyl (C=O) groups is 2. The number of esters is 1. The van der Waals surface area contributed by atoms with Crippen molar-refractivity contribution in [3.63, 3.8) is 0 Å². The van der Waals surface area contributed by atoms with Gasteiger partial charge in [0.05, 0.1) is 29.1 Å². The van der Waals surface area contributed by atoms with Crippen LogP contribution in [-0.2, 0) is 20.9 Å². The van der Waals surface area contributed by atoms with E-state index in [1.54, 1.807) is 13.8 Å². The molecular formula is C27H40ClNO7. The molecule has 1 aliphatic rings. The van der Waals surface area contributed by atoms with E-state index in [9.17, 15) is 19.8 Å². The molecule has 202 valence electrons. The molecule has 5 atom stereocenters. The van der Waals surface area contributed by atoms with Crippen LogP contribution in [0.25, 0.3) is 6.08 Å². The van der Waals surface area contributed by atoms with E-state index in [1.165, 1.54) is 12.3 Å². The topological polar surface area (TPSA) is 130 Å². The number of cyclic esters (lactones) is 1. The fourth-order valence-electron chi connectivity index (χ4n) is 4.44. The number of aromatic nitrogens is 1. The molecule has 0 radical (unpaired) electrons. The molecular weight excluding hydrogens is 486 g/mol. The zero-order valence-corrected chi connectivity index (χ0v) is 22.6. The minimum absolute atomic E-state index is 0.0890. The van der Waals surface area contributed by atoms with Gasteiger partial charge in [-0.2, -0.15) is 0 Å². The highest BCUT2D eigenvalue weighted by Crippen LogP contribution is 2.34. The highest BCUT2D eigenvalue weighted by atomic mass is 35.5. The molecule has 0 spiro atoms. The monoisotopic (exact) mass is 525 g/mol. The van der Waals surface area contributed by atoms with Crippen LogP contribution in [0.3, 0.4) is 0 Å². The first-order chi connectivity index (χ1) is 16.9. The van der Waals surface area contributed by atoms with Crippen molar-refractivity contribution in [2.45, 2.75) is 98.1 Å². The number of hydrogen-bond acceptors (Lipinski definition) is 8. The third kappa shape index (κ3) is 8.00. The number of Topliss-reactive ketones (excluding diaryl/α,β-unsaturated/α-hetero) is 1. The van der Waals surface area contributed by atoms with Gasteiger partial charge in [0.2, 0.25) is 5.89 Å². The Hall–Kier alpha value is -2.00. The van der Waals surface area contributed by atoms with E-state index in [4.69, 9.17) is 25.9 Å². The Bertz CT molecular complexity index is 952. The Kier molecular flexibility index (Phi) is 11.3. The van der Waals surface area contributed by atoms with Crippen LogP contribution in [-0.4, -0.2) is 50.4 Å². The molecule has 2 rings (SSSR count). The van der Waals surface area contributed by atoms with Gasteiger partial charge in [-0.1, -0.05) is 50.9 Å². The first-order valence-electron chi connectivity index (χ1n) is 12.6. The van der Waals surface area contributed by atoms with Gasteiger partial charge < -0.3 is 24.5 Å². The lowest BCUT2D eigenvalue weighted by molar-refractivity contribution is -0.154. The number of halogens is 1. The van der Waals surface area contributed by atoms with E-state index in [0.29, 0.717) is 18.5 Å². The summed E-state index contributed by atoms with van der Waals surface area (Å²) in [6.45, 7) is 8.60. The minimum atomic E-state index is -1.30. The fourth-order valence-corrected chi connectivity index (χ4v) is 4.68. The Balaban J connectivity index is 2.35. The number of oxazole rings is 1. The first kappa shape index (κ1) is 30.2. The Labute approximate surface area is 218 Å². The van der Waals surface area contributed by atoms with Gasteiger partial charge in [-0.3, -0.25) is 9.59 Å². The number of rotatable bonds is 4. The second-order valence-electron chi connectivity index (χ2n) is 10.3. The van der Waals surface area contributed by atoms with E-state index in [1.807, 2.05) is 26.8 Å². The normalized spacial score (nSPS) is 29.5. The summed E-state index contributed by atoms with van der Waals surface area (Å²) in [6.07, 6.45) is 4.56. The van der Waals surface area contributed by atoms with Crippen LogP contribution in [0.2, 0.25) is 0 Å². The van der Waals surface area contributed by atoms with Crippen molar-refractivity contribution >= 4 is 29.4 Å². The summed E-state index contributed by atoms with van der Waals surface area (Å²) >= 11 is 6.51. The van der Waals surface area contributed by atoms with Crippen molar-refractivity contribution in [1.29, 1.82) is 0 Å². The average molecular weight is 526 g/mol. The summed E-state index contributed by atoms with van der Waals surface area (Å²) in [5.41, 5.74) is 0.199. The molecule has 3 N–H and O–H groups in total. The predicted molar refractivity (Wildman–Crippen MR) is 137 cm³/mol. The zero-order valence-electron chi connectivity index (χ0n) is 21.9. The molecule has 2 heterocycles. The lowest BCUT2D eigenvalue weighted by atomic mass is 9.71. The largest absolute Gasteiger partial charge is 0.456 e. The summed E-state index contributed by atoms with van der Waals surface area (Å²) in [6, 6.07) is 0. The molecule has 8 nitrogen and oxygen atoms in total. The van der Waals surface area contributed by atoms with E-state index in [2.05, 4.69) is 4.98 Å². The lowest BCUT2D eigenvalue weighted by Crippen LogP contribution is -2.46. The standard InChI is InChI=1S/C27H40ClNO7/c1-6-19-25(33)17(3)9-7-8-16(2)10-11-21(20(28)12-18-15-35-23(14-30)29-18)36-24(32)13-22(31)27(4,5)26(19)34/h10,12,15,17,19,21-22,25,30-31,33H,6-9,11,13-14H2,1-5H3/t17?,19-,21+,22+,25+/m1/s1. The van der Waals surface area contributed by atoms with Gasteiger partial charge in [0.25, 0.3) is 0 Å². The van der Waals surface area contributed by atoms with Crippen molar-refractivity contribution < 1.29 is 34.1 Å². The number of ketones is 1. The minimum Gasteiger partial charge on any atom is -0.456 e. The van der Waals surface area contributed by atoms with Crippen LogP contribution < -0.4 is 0 Å². The van der Waals surface area contributed by atoms with Gasteiger partial charge in [-0.25, -0.2) is 4.98 Å². The molecule has 1 aliphatic heterocycles. The van der Waals surface area contributed by atoms with Crippen LogP contribution in [0.5, 0.6) is 0 Å². The van der Waals surface area contributed by atoms with Gasteiger partial charge in [0.15, 0.2) is 0 Å². The molecule has 0 bridgehead atoms. The lowest BCUT2D eigenvalue weighted by Gasteiger charge is -2.35. The van der Waals surface area contributed by atoms with Crippen LogP contribution in [0.15, 0.2) is 27.4 Å². The number of aliphatic hydroxyl groups excluding tert-OH is 3. The van der Waals surface area contributed by atoms with Crippen molar-refractivity contribution in [2.75, 3.05) is 0 Å². The van der Waals surface area contributed by atoms with Crippen LogP contribution >= 0.6 is 11.6 Å². The number of ether oxygens (including phenoxy) is 1. The number of hydrogen-bond donors (Lipinski definition) is 3. The number of carbonyl (C=O) groups excluding carboxylic acids is 2. The maximum absolute atomic E-state index is 13.4. The molecule has 0 aliphatic carbocycles. The van der Waals surface area contributed by atoms with Crippen LogP contribution in [0.4, 0.5) is 0 Å². The molecule has 36 heavy (non-hydrogen) atoms. The van der Waals surface area contributed by atoms with Crippen molar-refractivity contribution in [2.24, 2.45) is 17.3 Å². The van der Waals surface area contributed by atoms with Gasteiger partial charge in [0.1, 0.15) is 30.5 Å². The Morgan fingerprint density at radius 2 is 2.00 bits per heavy atom. The predicted octanol–water partition coefficient (Wildman–Crippen LogP) is 4.55. The summed E-state index contributed by atoms with van der Waals surface area (Å²) in [5, 5.41) is 31.2. The van der Waals surface area contributed by atoms with Crippen molar-refractivity contribution in [1.82, 2.24) is 4.98 Å². The van der Waals surface area contributed by atoms with Gasteiger partial charge in [-0.15, -0.1) is 0 Å². The maximum Gasteiger partial charge on any atom is 0.309 e. The molecule has 0 amide bonds. The molecule has 9 heteroatoms. The van der Waals surface area contributed by atoms with E-state index < -0.39 is 42.0 Å². The summed E-state index contributed by atoms with van der Waals surface area (Å²) in [5.74, 6) is -1.56. The highest BCUT2D eigenvalue weighted by Gasteiger charge is 2.43. The number of allylic oxidation sites excluding steroid dienone is 1. The van der Waals surface area contributed by atoms with Crippen LogP contribution in [0.1, 0.15) is 84.7 Å². The summed E-state index contributed by atoms with van der Waals surface area (Å²) < 4.78 is 10.8. The third-order valence-corrected chi connectivity index (χ3v) is 7.44. The molecule has 1 aromatic rings. The van der Waals surface area contributed by atoms with Crippen LogP contribution in [0, 0.1) is 17.3 Å². The first-order valence-corrected chi connectivity index (χ1v) is 13.0. The molecule has 0 saturated heterocycles. The number of nitrogens with zero attached hydrogens (tertiary/aromatic N) is 1. The Morgan fingerprint density at radius 3 is 2.61 bits per heavy atom. The summed E-state index contributed by atoms with van der Waals surface area (Å²) in [4.78, 5) is 30.3. The van der Waals surface area contributed by atoms with Gasteiger partial charge in [-0.05, 0) is 44.6 Å². The molecule has 0 aromatic carbocycles. The fraction of sp³-hybridized carbons (Fsp3) is 0.667. The zero-order chi connectivity index (χ0) is 27.0. The highest BCUT2D eigenvalue weighted by molar-refractivity contribution is 6.32. The molecule has 1 unspecified atom stereocenters. The average Bonchev–Trinajstić information content (AvgIpc) is 3.28. The van der Waals surface area contributed by atoms with Gasteiger partial charge in [0, 0.05) is 12.3 Å². The second kappa shape index (κ2) is 13.5. The SMILES string of the molecule is CC[C@H]1C(=O)C(C)(C)[C@@H](O)CC(=O)O[C@H](C(Cl)=Cc2coc(CO)n2)CC=C(C)CCCC(C)[C@@H]1O. The number of aliphatic hydroxyl groups is 3. The van der Waals surface area contributed by atoms with E-state index >= 15 is 0 Å².